The van der Waals surface area contributed by atoms with Crippen LogP contribution in [-0.4, -0.2) is 75.5 Å². The molecule has 3 amide bonds. The number of aromatic hydroxyl groups is 1. The van der Waals surface area contributed by atoms with E-state index in [0.717, 1.165) is 5.56 Å². The number of aliphatic carboxylic acids is 1. The van der Waals surface area contributed by atoms with E-state index in [1.165, 1.54) is 24.3 Å². The van der Waals surface area contributed by atoms with Gasteiger partial charge in [-0.25, -0.2) is 4.79 Å². The van der Waals surface area contributed by atoms with Crippen LogP contribution in [-0.2, 0) is 32.0 Å². The molecule has 0 bridgehead atoms. The molecule has 0 aliphatic heterocycles. The second-order valence-electron chi connectivity index (χ2n) is 8.05. The topological polar surface area (TPSA) is 191 Å². The lowest BCUT2D eigenvalue weighted by Gasteiger charge is -2.24. The van der Waals surface area contributed by atoms with Crippen molar-refractivity contribution in [1.82, 2.24) is 16.0 Å². The average molecular weight is 519 g/mol. The number of phenols is 1. The number of carbonyl (C=O) groups excluding carboxylic acids is 3. The first kappa shape index (κ1) is 28.6. The molecule has 2 rings (SSSR count). The smallest absolute Gasteiger partial charge is 0.326 e. The molecule has 0 radical (unpaired) electrons. The third-order valence-corrected chi connectivity index (χ3v) is 5.65. The molecule has 11 nitrogen and oxygen atoms in total. The Bertz CT molecular complexity index is 1040. The number of aliphatic hydroxyl groups excluding tert-OH is 1. The number of hydrogen-bond acceptors (Lipinski definition) is 8. The number of carboxylic acids is 1. The molecule has 194 valence electrons. The molecule has 2 aromatic rings. The fourth-order valence-electron chi connectivity index (χ4n) is 3.23. The highest BCUT2D eigenvalue weighted by molar-refractivity contribution is 7.80. The molecule has 36 heavy (non-hydrogen) atoms. The summed E-state index contributed by atoms with van der Waals surface area (Å²) >= 11 is 3.98. The fraction of sp³-hybridized carbons (Fsp3) is 0.333. The number of carboxylic acid groups (broad SMARTS) is 1. The number of rotatable bonds is 13. The van der Waals surface area contributed by atoms with Crippen LogP contribution in [0.2, 0.25) is 0 Å². The highest BCUT2D eigenvalue weighted by Gasteiger charge is 2.30. The van der Waals surface area contributed by atoms with Crippen molar-refractivity contribution in [2.24, 2.45) is 5.73 Å². The van der Waals surface area contributed by atoms with Crippen molar-refractivity contribution in [2.75, 3.05) is 12.4 Å². The van der Waals surface area contributed by atoms with Crippen molar-refractivity contribution in [3.05, 3.63) is 65.7 Å². The van der Waals surface area contributed by atoms with Gasteiger partial charge in [-0.1, -0.05) is 42.5 Å². The Kier molecular flexibility index (Phi) is 11.2. The molecule has 0 aliphatic rings. The molecule has 0 saturated carbocycles. The van der Waals surface area contributed by atoms with Crippen LogP contribution in [0.4, 0.5) is 0 Å². The van der Waals surface area contributed by atoms with Crippen molar-refractivity contribution in [2.45, 2.75) is 37.0 Å². The summed E-state index contributed by atoms with van der Waals surface area (Å²) in [5.74, 6) is -3.58. The van der Waals surface area contributed by atoms with Gasteiger partial charge < -0.3 is 37.0 Å². The maximum atomic E-state index is 13.0. The molecule has 0 aliphatic carbocycles. The maximum Gasteiger partial charge on any atom is 0.326 e. The van der Waals surface area contributed by atoms with Gasteiger partial charge in [0.05, 0.1) is 12.6 Å². The molecular weight excluding hydrogens is 488 g/mol. The largest absolute Gasteiger partial charge is 0.508 e. The maximum absolute atomic E-state index is 13.0. The van der Waals surface area contributed by atoms with Crippen LogP contribution in [0.5, 0.6) is 5.75 Å². The molecule has 2 aromatic carbocycles. The number of hydrogen-bond donors (Lipinski definition) is 8. The van der Waals surface area contributed by atoms with E-state index in [0.29, 0.717) is 5.56 Å². The summed E-state index contributed by atoms with van der Waals surface area (Å²) in [7, 11) is 0. The fourth-order valence-corrected chi connectivity index (χ4v) is 3.39. The van der Waals surface area contributed by atoms with E-state index in [1.807, 2.05) is 0 Å². The van der Waals surface area contributed by atoms with Crippen molar-refractivity contribution in [3.8, 4) is 5.75 Å². The van der Waals surface area contributed by atoms with Crippen LogP contribution < -0.4 is 21.7 Å². The number of aliphatic hydroxyl groups is 1. The van der Waals surface area contributed by atoms with Crippen molar-refractivity contribution >= 4 is 36.3 Å². The first-order chi connectivity index (χ1) is 17.1. The summed E-state index contributed by atoms with van der Waals surface area (Å²) < 4.78 is 0. The van der Waals surface area contributed by atoms with E-state index < -0.39 is 54.5 Å². The predicted octanol–water partition coefficient (Wildman–Crippen LogP) is -1.03. The molecule has 0 heterocycles. The second-order valence-corrected chi connectivity index (χ2v) is 8.42. The van der Waals surface area contributed by atoms with E-state index in [-0.39, 0.29) is 24.3 Å². The van der Waals surface area contributed by atoms with Crippen LogP contribution in [0, 0.1) is 0 Å². The summed E-state index contributed by atoms with van der Waals surface area (Å²) in [6.45, 7) is -0.814. The summed E-state index contributed by atoms with van der Waals surface area (Å²) in [4.78, 5) is 49.7. The quantitative estimate of drug-likeness (QED) is 0.154. The lowest BCUT2D eigenvalue weighted by molar-refractivity contribution is -0.142. The minimum Gasteiger partial charge on any atom is -0.508 e. The molecule has 12 heteroatoms. The van der Waals surface area contributed by atoms with Crippen LogP contribution in [0.1, 0.15) is 11.1 Å². The zero-order chi connectivity index (χ0) is 26.7. The SMILES string of the molecule is NC(CS)C(=O)NC(Cc1ccccc1)C(=O)NC(CO)C(=O)NC(Cc1ccc(O)cc1)C(=O)O. The highest BCUT2D eigenvalue weighted by atomic mass is 32.1. The Morgan fingerprint density at radius 3 is 1.83 bits per heavy atom. The lowest BCUT2D eigenvalue weighted by atomic mass is 10.0. The minimum atomic E-state index is -1.48. The van der Waals surface area contributed by atoms with Crippen molar-refractivity contribution in [3.63, 3.8) is 0 Å². The molecule has 0 fully saturated rings. The summed E-state index contributed by atoms with van der Waals surface area (Å²) in [6, 6.07) is 9.67. The Balaban J connectivity index is 2.11. The average Bonchev–Trinajstić information content (AvgIpc) is 2.87. The molecule has 4 atom stereocenters. The standard InChI is InChI=1S/C24H30N4O7S/c25-17(13-36)21(31)26-18(10-14-4-2-1-3-5-14)22(32)28-20(12-29)23(33)27-19(24(34)35)11-15-6-8-16(30)9-7-15/h1-9,17-20,29-30,36H,10-13,25H2,(H,26,31)(H,27,33)(H,28,32)(H,34,35). The summed E-state index contributed by atoms with van der Waals surface area (Å²) in [6.07, 6.45) is -0.0160. The van der Waals surface area contributed by atoms with Gasteiger partial charge in [0.25, 0.3) is 0 Å². The summed E-state index contributed by atoms with van der Waals surface area (Å²) in [5, 5.41) is 35.8. The Labute approximate surface area is 213 Å². The molecule has 4 unspecified atom stereocenters. The first-order valence-electron chi connectivity index (χ1n) is 11.1. The Morgan fingerprint density at radius 2 is 1.28 bits per heavy atom. The number of nitrogens with one attached hydrogen (secondary N) is 3. The summed E-state index contributed by atoms with van der Waals surface area (Å²) in [5.41, 5.74) is 6.96. The Morgan fingerprint density at radius 1 is 0.778 bits per heavy atom. The van der Waals surface area contributed by atoms with E-state index in [4.69, 9.17) is 5.73 Å². The van der Waals surface area contributed by atoms with Gasteiger partial charge in [0.2, 0.25) is 17.7 Å². The van der Waals surface area contributed by atoms with Crippen molar-refractivity contribution < 1.29 is 34.5 Å². The lowest BCUT2D eigenvalue weighted by Crippen LogP contribution is -2.58. The van der Waals surface area contributed by atoms with Gasteiger partial charge in [-0.3, -0.25) is 14.4 Å². The highest BCUT2D eigenvalue weighted by Crippen LogP contribution is 2.12. The molecule has 0 spiro atoms. The van der Waals surface area contributed by atoms with Gasteiger partial charge in [-0.05, 0) is 23.3 Å². The van der Waals surface area contributed by atoms with E-state index in [9.17, 15) is 34.5 Å². The third-order valence-electron chi connectivity index (χ3n) is 5.26. The molecule has 0 saturated heterocycles. The molecule has 8 N–H and O–H groups in total. The molecule has 0 aromatic heterocycles. The van der Waals surface area contributed by atoms with Crippen LogP contribution >= 0.6 is 12.6 Å². The van der Waals surface area contributed by atoms with Crippen LogP contribution in [0.25, 0.3) is 0 Å². The van der Waals surface area contributed by atoms with Crippen LogP contribution in [0.15, 0.2) is 54.6 Å². The number of carbonyl (C=O) groups is 4. The zero-order valence-electron chi connectivity index (χ0n) is 19.3. The van der Waals surface area contributed by atoms with Crippen molar-refractivity contribution in [1.29, 1.82) is 0 Å². The molecular formula is C24H30N4O7S. The normalized spacial score (nSPS) is 14.1. The second kappa shape index (κ2) is 14.1. The number of nitrogens with two attached hydrogens (primary N) is 1. The van der Waals surface area contributed by atoms with Crippen LogP contribution in [0.3, 0.4) is 0 Å². The number of phenolic OH excluding ortho intramolecular Hbond substituents is 1. The van der Waals surface area contributed by atoms with Gasteiger partial charge in [0, 0.05) is 18.6 Å². The predicted molar refractivity (Wildman–Crippen MR) is 134 cm³/mol. The van der Waals surface area contributed by atoms with E-state index >= 15 is 0 Å². The van der Waals surface area contributed by atoms with Gasteiger partial charge in [0.1, 0.15) is 23.9 Å². The Hall–Kier alpha value is -3.61. The number of amides is 3. The van der Waals surface area contributed by atoms with Gasteiger partial charge in [-0.15, -0.1) is 0 Å². The van der Waals surface area contributed by atoms with E-state index in [2.05, 4.69) is 28.6 Å². The third kappa shape index (κ3) is 8.87. The van der Waals surface area contributed by atoms with Gasteiger partial charge >= 0.3 is 5.97 Å². The minimum absolute atomic E-state index is 0.00481. The monoisotopic (exact) mass is 518 g/mol. The van der Waals surface area contributed by atoms with Gasteiger partial charge in [-0.2, -0.15) is 12.6 Å². The first-order valence-corrected chi connectivity index (χ1v) is 11.7. The number of benzene rings is 2. The van der Waals surface area contributed by atoms with E-state index in [1.54, 1.807) is 30.3 Å². The number of thiol groups is 1. The van der Waals surface area contributed by atoms with Gasteiger partial charge in [0.15, 0.2) is 0 Å². The zero-order valence-corrected chi connectivity index (χ0v) is 20.2.